The summed E-state index contributed by atoms with van der Waals surface area (Å²) in [6.45, 7) is 2.44. The van der Waals surface area contributed by atoms with Gasteiger partial charge in [-0.05, 0) is 19.4 Å². The zero-order valence-electron chi connectivity index (χ0n) is 9.94. The van der Waals surface area contributed by atoms with E-state index < -0.39 is 23.8 Å². The van der Waals surface area contributed by atoms with Crippen molar-refractivity contribution in [2.75, 3.05) is 0 Å². The first-order chi connectivity index (χ1) is 8.21. The second-order valence-corrected chi connectivity index (χ2v) is 4.12. The van der Waals surface area contributed by atoms with Crippen molar-refractivity contribution in [2.24, 2.45) is 0 Å². The first kappa shape index (κ1) is 14.4. The van der Waals surface area contributed by atoms with Crippen LogP contribution < -0.4 is 0 Å². The summed E-state index contributed by atoms with van der Waals surface area (Å²) in [7, 11) is 0. The minimum atomic E-state index is -4.46. The number of hydrogen-bond acceptors (Lipinski definition) is 3. The molecule has 0 saturated heterocycles. The summed E-state index contributed by atoms with van der Waals surface area (Å²) >= 11 is 0. The fourth-order valence-electron chi connectivity index (χ4n) is 1.53. The van der Waals surface area contributed by atoms with Crippen molar-refractivity contribution in [3.63, 3.8) is 0 Å². The molecule has 0 aromatic heterocycles. The molecule has 0 aliphatic rings. The summed E-state index contributed by atoms with van der Waals surface area (Å²) in [4.78, 5) is 10.2. The summed E-state index contributed by atoms with van der Waals surface area (Å²) in [5.74, 6) is 0. The third-order valence-corrected chi connectivity index (χ3v) is 2.42. The molecular weight excluding hydrogens is 249 g/mol. The molecule has 0 aliphatic heterocycles. The molecular formula is C11H13F3N2O2. The molecule has 0 atom stereocenters. The van der Waals surface area contributed by atoms with Crippen LogP contribution in [0.15, 0.2) is 24.3 Å². The molecule has 7 heteroatoms. The van der Waals surface area contributed by atoms with Crippen molar-refractivity contribution in [3.05, 3.63) is 39.9 Å². The highest BCUT2D eigenvalue weighted by atomic mass is 19.4. The number of rotatable bonds is 4. The van der Waals surface area contributed by atoms with Crippen molar-refractivity contribution < 1.29 is 18.1 Å². The molecule has 0 N–H and O–H groups in total. The monoisotopic (exact) mass is 262 g/mol. The molecule has 100 valence electrons. The van der Waals surface area contributed by atoms with Gasteiger partial charge in [-0.3, -0.25) is 10.1 Å². The van der Waals surface area contributed by atoms with Crippen LogP contribution in [0.5, 0.6) is 0 Å². The van der Waals surface area contributed by atoms with E-state index in [4.69, 9.17) is 0 Å². The smallest absolute Gasteiger partial charge is 0.258 e. The van der Waals surface area contributed by atoms with Crippen molar-refractivity contribution in [1.29, 1.82) is 0 Å². The topological polar surface area (TPSA) is 46.4 Å². The van der Waals surface area contributed by atoms with Crippen LogP contribution in [0.25, 0.3) is 0 Å². The maximum atomic E-state index is 12.7. The van der Waals surface area contributed by atoms with E-state index in [2.05, 4.69) is 0 Å². The lowest BCUT2D eigenvalue weighted by Crippen LogP contribution is -2.42. The number of hydrogen-bond donors (Lipinski definition) is 0. The van der Waals surface area contributed by atoms with Gasteiger partial charge in [0, 0.05) is 24.7 Å². The Kier molecular flexibility index (Phi) is 4.28. The summed E-state index contributed by atoms with van der Waals surface area (Å²) in [5, 5.41) is 10.5. The average Bonchev–Trinajstić information content (AvgIpc) is 2.24. The number of nitrogens with zero attached hydrogens (tertiary/aromatic N) is 2. The van der Waals surface area contributed by atoms with Crippen molar-refractivity contribution in [3.8, 4) is 0 Å². The predicted molar refractivity (Wildman–Crippen MR) is 59.8 cm³/mol. The second-order valence-electron chi connectivity index (χ2n) is 4.12. The lowest BCUT2D eigenvalue weighted by Gasteiger charge is -2.28. The fourth-order valence-corrected chi connectivity index (χ4v) is 1.53. The standard InChI is InChI=1S/C11H13F3N2O2/c1-8(2)15(11(12,13)14)7-9-4-3-5-10(6-9)16(17)18/h3-6,8H,7H2,1-2H3. The Hall–Kier alpha value is -1.63. The van der Waals surface area contributed by atoms with E-state index in [0.29, 0.717) is 4.90 Å². The van der Waals surface area contributed by atoms with Crippen molar-refractivity contribution >= 4 is 5.69 Å². The van der Waals surface area contributed by atoms with E-state index in [1.807, 2.05) is 0 Å². The number of non-ortho nitro benzene ring substituents is 1. The van der Waals surface area contributed by atoms with Gasteiger partial charge in [0.05, 0.1) is 4.92 Å². The summed E-state index contributed by atoms with van der Waals surface area (Å²) in [6, 6.07) is 4.48. The maximum absolute atomic E-state index is 12.7. The van der Waals surface area contributed by atoms with Crippen LogP contribution >= 0.6 is 0 Å². The minimum absolute atomic E-state index is 0.210. The molecule has 0 spiro atoms. The van der Waals surface area contributed by atoms with Gasteiger partial charge in [-0.25, -0.2) is 4.90 Å². The van der Waals surface area contributed by atoms with E-state index >= 15 is 0 Å². The van der Waals surface area contributed by atoms with Gasteiger partial charge < -0.3 is 0 Å². The highest BCUT2D eigenvalue weighted by Crippen LogP contribution is 2.26. The highest BCUT2D eigenvalue weighted by Gasteiger charge is 2.38. The van der Waals surface area contributed by atoms with Crippen LogP contribution in [0.2, 0.25) is 0 Å². The Labute approximate surface area is 102 Å². The molecule has 4 nitrogen and oxygen atoms in total. The maximum Gasteiger partial charge on any atom is 0.460 e. The number of nitro groups is 1. The molecule has 0 radical (unpaired) electrons. The van der Waals surface area contributed by atoms with Gasteiger partial charge in [0.25, 0.3) is 5.69 Å². The largest absolute Gasteiger partial charge is 0.460 e. The Morgan fingerprint density at radius 1 is 1.39 bits per heavy atom. The highest BCUT2D eigenvalue weighted by molar-refractivity contribution is 5.34. The van der Waals surface area contributed by atoms with Gasteiger partial charge in [0.1, 0.15) is 0 Å². The molecule has 0 heterocycles. The van der Waals surface area contributed by atoms with Crippen LogP contribution in [-0.2, 0) is 6.54 Å². The third-order valence-electron chi connectivity index (χ3n) is 2.42. The second kappa shape index (κ2) is 5.34. The van der Waals surface area contributed by atoms with Crippen LogP contribution in [0.1, 0.15) is 19.4 Å². The Balaban J connectivity index is 2.95. The Bertz CT molecular complexity index is 433. The minimum Gasteiger partial charge on any atom is -0.258 e. The third kappa shape index (κ3) is 3.69. The molecule has 1 aromatic rings. The quantitative estimate of drug-likeness (QED) is 0.475. The summed E-state index contributed by atoms with van der Waals surface area (Å²) in [6.07, 6.45) is -4.46. The van der Waals surface area contributed by atoms with E-state index in [-0.39, 0.29) is 11.3 Å². The lowest BCUT2D eigenvalue weighted by molar-refractivity contribution is -0.385. The Morgan fingerprint density at radius 3 is 2.44 bits per heavy atom. The molecule has 1 rings (SSSR count). The van der Waals surface area contributed by atoms with Crippen LogP contribution in [0, 0.1) is 10.1 Å². The molecule has 1 aromatic carbocycles. The van der Waals surface area contributed by atoms with E-state index in [1.165, 1.54) is 32.0 Å². The molecule has 0 amide bonds. The number of nitro benzene ring substituents is 1. The van der Waals surface area contributed by atoms with Gasteiger partial charge in [0.15, 0.2) is 0 Å². The first-order valence-corrected chi connectivity index (χ1v) is 5.28. The zero-order valence-corrected chi connectivity index (χ0v) is 9.94. The number of alkyl halides is 3. The van der Waals surface area contributed by atoms with Crippen LogP contribution in [0.3, 0.4) is 0 Å². The SMILES string of the molecule is CC(C)N(Cc1cccc([N+](=O)[O-])c1)C(F)(F)F. The van der Waals surface area contributed by atoms with Gasteiger partial charge in [-0.1, -0.05) is 12.1 Å². The lowest BCUT2D eigenvalue weighted by atomic mass is 10.1. The fraction of sp³-hybridized carbons (Fsp3) is 0.455. The van der Waals surface area contributed by atoms with Gasteiger partial charge >= 0.3 is 6.30 Å². The molecule has 0 saturated carbocycles. The summed E-state index contributed by atoms with van der Waals surface area (Å²) < 4.78 is 38.1. The van der Waals surface area contributed by atoms with E-state index in [0.717, 1.165) is 6.07 Å². The van der Waals surface area contributed by atoms with Gasteiger partial charge in [-0.2, -0.15) is 13.2 Å². The molecule has 0 fully saturated rings. The Morgan fingerprint density at radius 2 is 2.00 bits per heavy atom. The van der Waals surface area contributed by atoms with E-state index in [9.17, 15) is 23.3 Å². The molecule has 18 heavy (non-hydrogen) atoms. The number of benzene rings is 1. The van der Waals surface area contributed by atoms with Crippen LogP contribution in [-0.4, -0.2) is 22.2 Å². The molecule has 0 aliphatic carbocycles. The predicted octanol–water partition coefficient (Wildman–Crippen LogP) is 3.33. The van der Waals surface area contributed by atoms with Gasteiger partial charge in [-0.15, -0.1) is 0 Å². The average molecular weight is 262 g/mol. The first-order valence-electron chi connectivity index (χ1n) is 5.28. The molecule has 0 unspecified atom stereocenters. The van der Waals surface area contributed by atoms with Crippen molar-refractivity contribution in [2.45, 2.75) is 32.7 Å². The van der Waals surface area contributed by atoms with E-state index in [1.54, 1.807) is 0 Å². The van der Waals surface area contributed by atoms with Crippen LogP contribution in [0.4, 0.5) is 18.9 Å². The van der Waals surface area contributed by atoms with Crippen molar-refractivity contribution in [1.82, 2.24) is 4.90 Å². The zero-order chi connectivity index (χ0) is 13.9. The number of halogens is 3. The molecule has 0 bridgehead atoms. The normalized spacial score (nSPS) is 12.2. The van der Waals surface area contributed by atoms with Gasteiger partial charge in [0.2, 0.25) is 0 Å². The summed E-state index contributed by atoms with van der Waals surface area (Å²) in [5.41, 5.74) is 0.0496.